The van der Waals surface area contributed by atoms with E-state index in [0.29, 0.717) is 11.8 Å². The van der Waals surface area contributed by atoms with Crippen LogP contribution in [-0.2, 0) is 10.8 Å². The normalized spacial score (nSPS) is 27.5. The molecule has 90 valence electrons. The van der Waals surface area contributed by atoms with Gasteiger partial charge in [0.2, 0.25) is 0 Å². The number of nitrogens with zero attached hydrogens (tertiary/aromatic N) is 1. The molecule has 0 bridgehead atoms. The first-order valence-electron chi connectivity index (χ1n) is 5.90. The molecule has 3 nitrogen and oxygen atoms in total. The second kappa shape index (κ2) is 6.61. The number of piperidine rings is 1. The van der Waals surface area contributed by atoms with Crippen molar-refractivity contribution in [1.82, 2.24) is 4.90 Å². The summed E-state index contributed by atoms with van der Waals surface area (Å²) in [5.41, 5.74) is 5.63. The van der Waals surface area contributed by atoms with Gasteiger partial charge in [-0.05, 0) is 39.8 Å². The van der Waals surface area contributed by atoms with Crippen LogP contribution in [0.3, 0.4) is 0 Å². The van der Waals surface area contributed by atoms with Gasteiger partial charge in [0, 0.05) is 34.4 Å². The van der Waals surface area contributed by atoms with Crippen LogP contribution in [0.1, 0.15) is 32.6 Å². The van der Waals surface area contributed by atoms with Crippen molar-refractivity contribution in [2.75, 3.05) is 25.1 Å². The smallest absolute Gasteiger partial charge is 0.0383 e. The molecule has 0 aliphatic carbocycles. The van der Waals surface area contributed by atoms with Gasteiger partial charge in [-0.3, -0.25) is 4.21 Å². The van der Waals surface area contributed by atoms with Crippen LogP contribution < -0.4 is 5.73 Å². The van der Waals surface area contributed by atoms with E-state index in [1.165, 1.54) is 25.8 Å². The summed E-state index contributed by atoms with van der Waals surface area (Å²) in [6.45, 7) is 3.12. The van der Waals surface area contributed by atoms with Crippen LogP contribution in [0.2, 0.25) is 0 Å². The molecule has 1 fully saturated rings. The van der Waals surface area contributed by atoms with Crippen LogP contribution >= 0.6 is 0 Å². The number of hydrogen-bond donors (Lipinski definition) is 1. The molecule has 0 saturated carbocycles. The molecule has 1 aliphatic heterocycles. The van der Waals surface area contributed by atoms with Gasteiger partial charge in [-0.2, -0.15) is 0 Å². The SMILES string of the molecule is CC(N)CS(=O)CCC1CCCCN1C. The van der Waals surface area contributed by atoms with Crippen molar-refractivity contribution in [3.8, 4) is 0 Å². The minimum atomic E-state index is -0.718. The van der Waals surface area contributed by atoms with E-state index in [2.05, 4.69) is 11.9 Å². The maximum atomic E-state index is 11.6. The third kappa shape index (κ3) is 5.09. The Morgan fingerprint density at radius 2 is 2.27 bits per heavy atom. The Hall–Kier alpha value is 0.0700. The predicted molar refractivity (Wildman–Crippen MR) is 66.4 cm³/mol. The van der Waals surface area contributed by atoms with Crippen molar-refractivity contribution in [3.05, 3.63) is 0 Å². The van der Waals surface area contributed by atoms with Crippen LogP contribution in [0.4, 0.5) is 0 Å². The largest absolute Gasteiger partial charge is 0.327 e. The summed E-state index contributed by atoms with van der Waals surface area (Å²) in [5.74, 6) is 1.47. The summed E-state index contributed by atoms with van der Waals surface area (Å²) in [5, 5.41) is 0. The first-order valence-corrected chi connectivity index (χ1v) is 7.39. The third-order valence-corrected chi connectivity index (χ3v) is 4.64. The van der Waals surface area contributed by atoms with Crippen LogP contribution in [0.5, 0.6) is 0 Å². The van der Waals surface area contributed by atoms with Crippen molar-refractivity contribution in [2.45, 2.75) is 44.7 Å². The fourth-order valence-corrected chi connectivity index (χ4v) is 3.44. The lowest BCUT2D eigenvalue weighted by molar-refractivity contribution is 0.182. The molecule has 1 rings (SSSR count). The first-order chi connectivity index (χ1) is 7.09. The van der Waals surface area contributed by atoms with Gasteiger partial charge in [-0.1, -0.05) is 6.42 Å². The lowest BCUT2D eigenvalue weighted by Crippen LogP contribution is -2.37. The molecule has 4 heteroatoms. The zero-order valence-electron chi connectivity index (χ0n) is 9.95. The number of hydrogen-bond acceptors (Lipinski definition) is 3. The lowest BCUT2D eigenvalue weighted by atomic mass is 10.0. The molecule has 2 N–H and O–H groups in total. The summed E-state index contributed by atoms with van der Waals surface area (Å²) in [6.07, 6.45) is 4.98. The van der Waals surface area contributed by atoms with Crippen LogP contribution in [-0.4, -0.2) is 46.3 Å². The highest BCUT2D eigenvalue weighted by atomic mass is 32.2. The number of rotatable bonds is 5. The van der Waals surface area contributed by atoms with Crippen molar-refractivity contribution >= 4 is 10.8 Å². The number of likely N-dealkylation sites (tertiary alicyclic amines) is 1. The molecule has 0 radical (unpaired) electrons. The Labute approximate surface area is 95.9 Å². The van der Waals surface area contributed by atoms with E-state index < -0.39 is 10.8 Å². The summed E-state index contributed by atoms with van der Waals surface area (Å²) in [4.78, 5) is 2.41. The van der Waals surface area contributed by atoms with Crippen molar-refractivity contribution in [3.63, 3.8) is 0 Å². The van der Waals surface area contributed by atoms with E-state index in [-0.39, 0.29) is 6.04 Å². The molecular formula is C11H24N2OS. The first kappa shape index (κ1) is 13.1. The molecule has 0 amide bonds. The van der Waals surface area contributed by atoms with Gasteiger partial charge < -0.3 is 10.6 Å². The zero-order valence-corrected chi connectivity index (χ0v) is 10.8. The monoisotopic (exact) mass is 232 g/mol. The Balaban J connectivity index is 2.20. The van der Waals surface area contributed by atoms with Crippen LogP contribution in [0.15, 0.2) is 0 Å². The Morgan fingerprint density at radius 1 is 1.53 bits per heavy atom. The highest BCUT2D eigenvalue weighted by molar-refractivity contribution is 7.85. The zero-order chi connectivity index (χ0) is 11.3. The lowest BCUT2D eigenvalue weighted by Gasteiger charge is -2.32. The predicted octanol–water partition coefficient (Wildman–Crippen LogP) is 0.957. The van der Waals surface area contributed by atoms with E-state index in [0.717, 1.165) is 12.2 Å². The Kier molecular flexibility index (Phi) is 5.79. The minimum absolute atomic E-state index is 0.0647. The average molecular weight is 232 g/mol. The van der Waals surface area contributed by atoms with Gasteiger partial charge >= 0.3 is 0 Å². The molecule has 15 heavy (non-hydrogen) atoms. The molecule has 1 aliphatic rings. The van der Waals surface area contributed by atoms with Crippen LogP contribution in [0.25, 0.3) is 0 Å². The van der Waals surface area contributed by atoms with Crippen molar-refractivity contribution in [1.29, 1.82) is 0 Å². The third-order valence-electron chi connectivity index (χ3n) is 3.05. The van der Waals surface area contributed by atoms with E-state index in [1.807, 2.05) is 6.92 Å². The van der Waals surface area contributed by atoms with Gasteiger partial charge in [0.25, 0.3) is 0 Å². The molecule has 3 atom stereocenters. The maximum Gasteiger partial charge on any atom is 0.0383 e. The fourth-order valence-electron chi connectivity index (χ4n) is 2.15. The highest BCUT2D eigenvalue weighted by Gasteiger charge is 2.19. The quantitative estimate of drug-likeness (QED) is 0.768. The molecule has 0 spiro atoms. The molecule has 0 aromatic heterocycles. The second-order valence-corrected chi connectivity index (χ2v) is 6.33. The molecule has 1 saturated heterocycles. The number of nitrogens with two attached hydrogens (primary N) is 1. The van der Waals surface area contributed by atoms with Gasteiger partial charge in [0.05, 0.1) is 0 Å². The summed E-state index contributed by atoms with van der Waals surface area (Å²) < 4.78 is 11.6. The van der Waals surface area contributed by atoms with Gasteiger partial charge in [-0.25, -0.2) is 0 Å². The van der Waals surface area contributed by atoms with Crippen molar-refractivity contribution < 1.29 is 4.21 Å². The molecular weight excluding hydrogens is 208 g/mol. The second-order valence-electron chi connectivity index (χ2n) is 4.71. The van der Waals surface area contributed by atoms with E-state index in [4.69, 9.17) is 5.73 Å². The van der Waals surface area contributed by atoms with E-state index >= 15 is 0 Å². The van der Waals surface area contributed by atoms with E-state index in [1.54, 1.807) is 0 Å². The highest BCUT2D eigenvalue weighted by Crippen LogP contribution is 2.17. The van der Waals surface area contributed by atoms with Gasteiger partial charge in [0.15, 0.2) is 0 Å². The van der Waals surface area contributed by atoms with Crippen molar-refractivity contribution in [2.24, 2.45) is 5.73 Å². The minimum Gasteiger partial charge on any atom is -0.327 e. The maximum absolute atomic E-state index is 11.6. The van der Waals surface area contributed by atoms with Gasteiger partial charge in [0.1, 0.15) is 0 Å². The fraction of sp³-hybridized carbons (Fsp3) is 1.00. The van der Waals surface area contributed by atoms with Crippen LogP contribution in [0, 0.1) is 0 Å². The average Bonchev–Trinajstić information content (AvgIpc) is 2.15. The molecule has 0 aromatic rings. The topological polar surface area (TPSA) is 46.3 Å². The molecule has 1 heterocycles. The Morgan fingerprint density at radius 3 is 2.87 bits per heavy atom. The Bertz CT molecular complexity index is 209. The standard InChI is InChI=1S/C11H24N2OS/c1-10(12)9-15(14)8-6-11-5-3-4-7-13(11)2/h10-11H,3-9,12H2,1-2H3. The van der Waals surface area contributed by atoms with Gasteiger partial charge in [-0.15, -0.1) is 0 Å². The van der Waals surface area contributed by atoms with E-state index in [9.17, 15) is 4.21 Å². The summed E-state index contributed by atoms with van der Waals surface area (Å²) >= 11 is 0. The summed E-state index contributed by atoms with van der Waals surface area (Å²) in [7, 11) is 1.46. The molecule has 0 aromatic carbocycles. The summed E-state index contributed by atoms with van der Waals surface area (Å²) in [6, 6.07) is 0.714. The molecule has 3 unspecified atom stereocenters.